The Morgan fingerprint density at radius 3 is 2.78 bits per heavy atom. The maximum Gasteiger partial charge on any atom is 0.258 e. The molecule has 1 amide bonds. The molecule has 0 bridgehead atoms. The molecule has 1 unspecified atom stereocenters. The SMILES string of the molecule is Cc1oc2c(c1C(=O)N1CCCC(Nc3ccc(F)cc3)C1)C(=O)CCC2. The Kier molecular flexibility index (Phi) is 4.72. The number of piperidine rings is 1. The number of aryl methyl sites for hydroxylation is 2. The number of ketones is 1. The van der Waals surface area contributed by atoms with Crippen molar-refractivity contribution in [3.05, 3.63) is 52.7 Å². The summed E-state index contributed by atoms with van der Waals surface area (Å²) in [7, 11) is 0. The quantitative estimate of drug-likeness (QED) is 0.888. The van der Waals surface area contributed by atoms with Crippen molar-refractivity contribution in [1.29, 1.82) is 0 Å². The van der Waals surface area contributed by atoms with E-state index in [0.29, 0.717) is 48.6 Å². The van der Waals surface area contributed by atoms with Gasteiger partial charge in [-0.1, -0.05) is 0 Å². The van der Waals surface area contributed by atoms with Gasteiger partial charge in [-0.15, -0.1) is 0 Å². The molecule has 0 radical (unpaired) electrons. The Hall–Kier alpha value is -2.63. The van der Waals surface area contributed by atoms with Gasteiger partial charge in [-0.2, -0.15) is 0 Å². The van der Waals surface area contributed by atoms with Crippen LogP contribution in [0.2, 0.25) is 0 Å². The number of hydrogen-bond donors (Lipinski definition) is 1. The molecule has 4 rings (SSSR count). The summed E-state index contributed by atoms with van der Waals surface area (Å²) in [4.78, 5) is 27.3. The van der Waals surface area contributed by atoms with Crippen molar-refractivity contribution in [3.63, 3.8) is 0 Å². The standard InChI is InChI=1S/C21H23FN2O3/c1-13-19(20-17(25)5-2-6-18(20)27-13)21(26)24-11-3-4-16(12-24)23-15-9-7-14(22)8-10-15/h7-10,16,23H,2-6,11-12H2,1H3. The van der Waals surface area contributed by atoms with Gasteiger partial charge in [0.1, 0.15) is 17.3 Å². The fraction of sp³-hybridized carbons (Fsp3) is 0.429. The van der Waals surface area contributed by atoms with Crippen LogP contribution in [0, 0.1) is 12.7 Å². The molecule has 1 N–H and O–H groups in total. The Morgan fingerprint density at radius 2 is 2.00 bits per heavy atom. The van der Waals surface area contributed by atoms with E-state index in [9.17, 15) is 14.0 Å². The first-order valence-corrected chi connectivity index (χ1v) is 9.50. The summed E-state index contributed by atoms with van der Waals surface area (Å²) >= 11 is 0. The van der Waals surface area contributed by atoms with Crippen molar-refractivity contribution < 1.29 is 18.4 Å². The van der Waals surface area contributed by atoms with Gasteiger partial charge >= 0.3 is 0 Å². The van der Waals surface area contributed by atoms with E-state index in [0.717, 1.165) is 24.9 Å². The highest BCUT2D eigenvalue weighted by Crippen LogP contribution is 2.31. The van der Waals surface area contributed by atoms with Crippen LogP contribution in [0.5, 0.6) is 0 Å². The van der Waals surface area contributed by atoms with Gasteiger partial charge in [0.05, 0.1) is 11.1 Å². The van der Waals surface area contributed by atoms with Crippen LogP contribution in [0.3, 0.4) is 0 Å². The summed E-state index contributed by atoms with van der Waals surface area (Å²) in [5.41, 5.74) is 1.78. The lowest BCUT2D eigenvalue weighted by Gasteiger charge is -2.34. The molecular weight excluding hydrogens is 347 g/mol. The number of anilines is 1. The first kappa shape index (κ1) is 17.8. The lowest BCUT2D eigenvalue weighted by molar-refractivity contribution is 0.0708. The third-order valence-corrected chi connectivity index (χ3v) is 5.38. The molecule has 1 atom stereocenters. The number of halogens is 1. The molecule has 0 saturated carbocycles. The van der Waals surface area contributed by atoms with E-state index in [1.54, 1.807) is 24.0 Å². The minimum atomic E-state index is -0.272. The molecule has 0 spiro atoms. The third kappa shape index (κ3) is 3.48. The van der Waals surface area contributed by atoms with Crippen LogP contribution in [0.1, 0.15) is 57.9 Å². The zero-order valence-corrected chi connectivity index (χ0v) is 15.4. The second-order valence-corrected chi connectivity index (χ2v) is 7.35. The Labute approximate surface area is 157 Å². The van der Waals surface area contributed by atoms with Crippen molar-refractivity contribution in [1.82, 2.24) is 4.90 Å². The highest BCUT2D eigenvalue weighted by molar-refractivity contribution is 6.10. The van der Waals surface area contributed by atoms with Crippen LogP contribution in [-0.2, 0) is 6.42 Å². The van der Waals surface area contributed by atoms with Gasteiger partial charge in [-0.25, -0.2) is 4.39 Å². The van der Waals surface area contributed by atoms with Crippen LogP contribution in [0.15, 0.2) is 28.7 Å². The molecule has 142 valence electrons. The number of likely N-dealkylation sites (tertiary alicyclic amines) is 1. The Morgan fingerprint density at radius 1 is 1.22 bits per heavy atom. The van der Waals surface area contributed by atoms with Crippen LogP contribution in [0.4, 0.5) is 10.1 Å². The number of nitrogens with one attached hydrogen (secondary N) is 1. The third-order valence-electron chi connectivity index (χ3n) is 5.38. The topological polar surface area (TPSA) is 62.6 Å². The van der Waals surface area contributed by atoms with E-state index in [4.69, 9.17) is 4.42 Å². The monoisotopic (exact) mass is 370 g/mol. The second-order valence-electron chi connectivity index (χ2n) is 7.35. The first-order valence-electron chi connectivity index (χ1n) is 9.50. The molecule has 1 aromatic heterocycles. The van der Waals surface area contributed by atoms with Crippen LogP contribution in [0.25, 0.3) is 0 Å². The molecule has 2 heterocycles. The number of carbonyl (C=O) groups is 2. The molecule has 1 saturated heterocycles. The van der Waals surface area contributed by atoms with E-state index >= 15 is 0 Å². The minimum Gasteiger partial charge on any atom is -0.465 e. The average molecular weight is 370 g/mol. The van der Waals surface area contributed by atoms with Crippen molar-refractivity contribution in [2.75, 3.05) is 18.4 Å². The molecule has 1 fully saturated rings. The van der Waals surface area contributed by atoms with Crippen LogP contribution >= 0.6 is 0 Å². The van der Waals surface area contributed by atoms with E-state index in [2.05, 4.69) is 5.32 Å². The number of nitrogens with zero attached hydrogens (tertiary/aromatic N) is 1. The van der Waals surface area contributed by atoms with Gasteiger partial charge in [0.25, 0.3) is 5.91 Å². The zero-order chi connectivity index (χ0) is 19.0. The van der Waals surface area contributed by atoms with Crippen molar-refractivity contribution in [3.8, 4) is 0 Å². The molecule has 1 aromatic carbocycles. The lowest BCUT2D eigenvalue weighted by atomic mass is 9.92. The number of hydrogen-bond acceptors (Lipinski definition) is 4. The fourth-order valence-corrected chi connectivity index (χ4v) is 4.08. The normalized spacial score (nSPS) is 19.7. The molecule has 5 nitrogen and oxygen atoms in total. The number of benzene rings is 1. The number of fused-ring (bicyclic) bond motifs is 1. The number of amides is 1. The number of carbonyl (C=O) groups excluding carboxylic acids is 2. The van der Waals surface area contributed by atoms with E-state index in [1.165, 1.54) is 12.1 Å². The largest absolute Gasteiger partial charge is 0.465 e. The summed E-state index contributed by atoms with van der Waals surface area (Å²) in [6.07, 6.45) is 3.77. The molecule has 27 heavy (non-hydrogen) atoms. The number of rotatable bonds is 3. The zero-order valence-electron chi connectivity index (χ0n) is 15.4. The van der Waals surface area contributed by atoms with Gasteiger partial charge in [0.15, 0.2) is 5.78 Å². The van der Waals surface area contributed by atoms with E-state index < -0.39 is 0 Å². The van der Waals surface area contributed by atoms with Gasteiger partial charge in [-0.3, -0.25) is 9.59 Å². The van der Waals surface area contributed by atoms with Crippen molar-refractivity contribution in [2.24, 2.45) is 0 Å². The highest BCUT2D eigenvalue weighted by Gasteiger charge is 2.34. The van der Waals surface area contributed by atoms with Crippen LogP contribution in [-0.4, -0.2) is 35.7 Å². The molecule has 1 aliphatic heterocycles. The van der Waals surface area contributed by atoms with Gasteiger partial charge in [0, 0.05) is 37.7 Å². The second kappa shape index (κ2) is 7.18. The molecule has 2 aliphatic rings. The average Bonchev–Trinajstić information content (AvgIpc) is 3.00. The van der Waals surface area contributed by atoms with Crippen molar-refractivity contribution in [2.45, 2.75) is 45.1 Å². The molecule has 1 aliphatic carbocycles. The van der Waals surface area contributed by atoms with Crippen LogP contribution < -0.4 is 5.32 Å². The van der Waals surface area contributed by atoms with Gasteiger partial charge in [0.2, 0.25) is 0 Å². The smallest absolute Gasteiger partial charge is 0.258 e. The highest BCUT2D eigenvalue weighted by atomic mass is 19.1. The molecular formula is C21H23FN2O3. The summed E-state index contributed by atoms with van der Waals surface area (Å²) in [6.45, 7) is 2.97. The predicted molar refractivity (Wildman–Crippen MR) is 99.7 cm³/mol. The summed E-state index contributed by atoms with van der Waals surface area (Å²) in [5.74, 6) is 0.803. The van der Waals surface area contributed by atoms with E-state index in [-0.39, 0.29) is 23.5 Å². The summed E-state index contributed by atoms with van der Waals surface area (Å²) < 4.78 is 18.8. The molecule has 2 aromatic rings. The predicted octanol–water partition coefficient (Wildman–Crippen LogP) is 3.96. The minimum absolute atomic E-state index is 0.00875. The number of furan rings is 1. The fourth-order valence-electron chi connectivity index (χ4n) is 4.08. The first-order chi connectivity index (χ1) is 13.0. The van der Waals surface area contributed by atoms with Crippen molar-refractivity contribution >= 4 is 17.4 Å². The lowest BCUT2D eigenvalue weighted by Crippen LogP contribution is -2.45. The summed E-state index contributed by atoms with van der Waals surface area (Å²) in [5, 5.41) is 3.37. The Balaban J connectivity index is 1.52. The Bertz CT molecular complexity index is 872. The maximum absolute atomic E-state index is 13.2. The maximum atomic E-state index is 13.2. The number of Topliss-reactive ketones (excluding diaryl/α,β-unsaturated/α-hetero) is 1. The van der Waals surface area contributed by atoms with Gasteiger partial charge in [-0.05, 0) is 50.5 Å². The van der Waals surface area contributed by atoms with Gasteiger partial charge < -0.3 is 14.6 Å². The molecule has 6 heteroatoms. The summed E-state index contributed by atoms with van der Waals surface area (Å²) in [6, 6.07) is 6.32. The van der Waals surface area contributed by atoms with E-state index in [1.807, 2.05) is 0 Å².